The van der Waals surface area contributed by atoms with Crippen molar-refractivity contribution in [2.24, 2.45) is 0 Å². The Morgan fingerprint density at radius 2 is 1.81 bits per heavy atom. The van der Waals surface area contributed by atoms with E-state index in [1.807, 2.05) is 13.8 Å². The van der Waals surface area contributed by atoms with E-state index in [-0.39, 0.29) is 12.4 Å². The van der Waals surface area contributed by atoms with Crippen molar-refractivity contribution < 1.29 is 19.7 Å². The lowest BCUT2D eigenvalue weighted by molar-refractivity contribution is 0.217. The molecule has 0 radical (unpaired) electrons. The molecule has 0 spiro atoms. The smallest absolute Gasteiger partial charge is 0.203 e. The van der Waals surface area contributed by atoms with Gasteiger partial charge in [0.25, 0.3) is 0 Å². The minimum atomic E-state index is -0.434. The molecule has 0 aliphatic rings. The van der Waals surface area contributed by atoms with Crippen LogP contribution >= 0.6 is 0 Å². The van der Waals surface area contributed by atoms with Crippen LogP contribution in [0.25, 0.3) is 0 Å². The summed E-state index contributed by atoms with van der Waals surface area (Å²) in [7, 11) is 2.97. The Balaban J connectivity index is 3.31. The SMILES string of the molecule is COc1cc(C(C)(C)CO)cc(O)c1OC. The molecule has 0 aliphatic heterocycles. The molecule has 1 aromatic carbocycles. The molecule has 2 N–H and O–H groups in total. The fourth-order valence-electron chi connectivity index (χ4n) is 1.43. The topological polar surface area (TPSA) is 58.9 Å². The van der Waals surface area contributed by atoms with Crippen molar-refractivity contribution in [2.75, 3.05) is 20.8 Å². The number of benzene rings is 1. The van der Waals surface area contributed by atoms with E-state index in [0.29, 0.717) is 11.5 Å². The maximum absolute atomic E-state index is 9.78. The average Bonchev–Trinajstić information content (AvgIpc) is 2.27. The molecule has 90 valence electrons. The van der Waals surface area contributed by atoms with Crippen molar-refractivity contribution >= 4 is 0 Å². The lowest BCUT2D eigenvalue weighted by atomic mass is 9.85. The minimum Gasteiger partial charge on any atom is -0.504 e. The monoisotopic (exact) mass is 226 g/mol. The maximum atomic E-state index is 9.78. The first-order chi connectivity index (χ1) is 7.46. The zero-order chi connectivity index (χ0) is 12.3. The van der Waals surface area contributed by atoms with Crippen LogP contribution in [0.3, 0.4) is 0 Å². The summed E-state index contributed by atoms with van der Waals surface area (Å²) in [4.78, 5) is 0. The van der Waals surface area contributed by atoms with E-state index in [1.165, 1.54) is 14.2 Å². The summed E-state index contributed by atoms with van der Waals surface area (Å²) >= 11 is 0. The van der Waals surface area contributed by atoms with Gasteiger partial charge in [0.1, 0.15) is 0 Å². The molecule has 0 bridgehead atoms. The summed E-state index contributed by atoms with van der Waals surface area (Å²) in [5, 5.41) is 19.1. The first kappa shape index (κ1) is 12.6. The van der Waals surface area contributed by atoms with Gasteiger partial charge in [-0.2, -0.15) is 0 Å². The van der Waals surface area contributed by atoms with E-state index in [1.54, 1.807) is 12.1 Å². The Labute approximate surface area is 95.4 Å². The molecule has 4 heteroatoms. The highest BCUT2D eigenvalue weighted by Crippen LogP contribution is 2.40. The largest absolute Gasteiger partial charge is 0.504 e. The highest BCUT2D eigenvalue weighted by Gasteiger charge is 2.23. The van der Waals surface area contributed by atoms with Gasteiger partial charge in [0.15, 0.2) is 11.5 Å². The molecule has 0 aromatic heterocycles. The molecule has 0 fully saturated rings. The molecule has 1 aromatic rings. The molecule has 0 aliphatic carbocycles. The van der Waals surface area contributed by atoms with Crippen molar-refractivity contribution in [3.63, 3.8) is 0 Å². The number of rotatable bonds is 4. The lowest BCUT2D eigenvalue weighted by Gasteiger charge is -2.23. The maximum Gasteiger partial charge on any atom is 0.203 e. The first-order valence-electron chi connectivity index (χ1n) is 5.02. The quantitative estimate of drug-likeness (QED) is 0.820. The number of hydrogen-bond acceptors (Lipinski definition) is 4. The van der Waals surface area contributed by atoms with E-state index in [0.717, 1.165) is 5.56 Å². The number of aliphatic hydroxyl groups is 1. The molecule has 0 saturated carbocycles. The standard InChI is InChI=1S/C12H18O4/c1-12(2,7-13)8-5-9(14)11(16-4)10(6-8)15-3/h5-6,13-14H,7H2,1-4H3. The molecule has 1 rings (SSSR count). The third-order valence-corrected chi connectivity index (χ3v) is 2.64. The average molecular weight is 226 g/mol. The summed E-state index contributed by atoms with van der Waals surface area (Å²) in [6, 6.07) is 3.34. The molecule has 4 nitrogen and oxygen atoms in total. The zero-order valence-electron chi connectivity index (χ0n) is 10.1. The Morgan fingerprint density at radius 3 is 2.25 bits per heavy atom. The summed E-state index contributed by atoms with van der Waals surface area (Å²) in [5.41, 5.74) is 0.363. The Bertz CT molecular complexity index is 372. The third kappa shape index (κ3) is 2.22. The fourth-order valence-corrected chi connectivity index (χ4v) is 1.43. The molecule has 0 saturated heterocycles. The van der Waals surface area contributed by atoms with E-state index < -0.39 is 5.41 Å². The van der Waals surface area contributed by atoms with Crippen LogP contribution in [0.5, 0.6) is 17.2 Å². The highest BCUT2D eigenvalue weighted by molar-refractivity contribution is 5.54. The number of aromatic hydroxyl groups is 1. The van der Waals surface area contributed by atoms with Gasteiger partial charge in [-0.25, -0.2) is 0 Å². The predicted octanol–water partition coefficient (Wildman–Crippen LogP) is 1.68. The van der Waals surface area contributed by atoms with E-state index in [2.05, 4.69) is 0 Å². The van der Waals surface area contributed by atoms with Crippen LogP contribution in [-0.4, -0.2) is 31.0 Å². The Hall–Kier alpha value is -1.42. The van der Waals surface area contributed by atoms with Crippen LogP contribution in [0.15, 0.2) is 12.1 Å². The van der Waals surface area contributed by atoms with E-state index in [9.17, 15) is 10.2 Å². The second kappa shape index (κ2) is 4.61. The van der Waals surface area contributed by atoms with Gasteiger partial charge in [-0.15, -0.1) is 0 Å². The predicted molar refractivity (Wildman–Crippen MR) is 61.3 cm³/mol. The van der Waals surface area contributed by atoms with Crippen molar-refractivity contribution in [3.05, 3.63) is 17.7 Å². The zero-order valence-corrected chi connectivity index (χ0v) is 10.1. The summed E-state index contributed by atoms with van der Waals surface area (Å²) in [6.07, 6.45) is 0. The number of phenols is 1. The third-order valence-electron chi connectivity index (χ3n) is 2.64. The van der Waals surface area contributed by atoms with Gasteiger partial charge in [0, 0.05) is 5.41 Å². The van der Waals surface area contributed by atoms with Gasteiger partial charge in [-0.3, -0.25) is 0 Å². The van der Waals surface area contributed by atoms with Crippen molar-refractivity contribution in [2.45, 2.75) is 19.3 Å². The van der Waals surface area contributed by atoms with Gasteiger partial charge >= 0.3 is 0 Å². The van der Waals surface area contributed by atoms with Crippen molar-refractivity contribution in [1.82, 2.24) is 0 Å². The number of methoxy groups -OCH3 is 2. The van der Waals surface area contributed by atoms with E-state index in [4.69, 9.17) is 9.47 Å². The lowest BCUT2D eigenvalue weighted by Crippen LogP contribution is -2.22. The highest BCUT2D eigenvalue weighted by atomic mass is 16.5. The second-order valence-corrected chi connectivity index (χ2v) is 4.27. The second-order valence-electron chi connectivity index (χ2n) is 4.27. The van der Waals surface area contributed by atoms with Crippen molar-refractivity contribution in [1.29, 1.82) is 0 Å². The molecular weight excluding hydrogens is 208 g/mol. The number of hydrogen-bond donors (Lipinski definition) is 2. The minimum absolute atomic E-state index is 0.0120. The molecule has 0 heterocycles. The van der Waals surface area contributed by atoms with Gasteiger partial charge in [0.05, 0.1) is 20.8 Å². The Kier molecular flexibility index (Phi) is 3.65. The van der Waals surface area contributed by atoms with Gasteiger partial charge in [-0.05, 0) is 17.7 Å². The number of ether oxygens (including phenoxy) is 2. The summed E-state index contributed by atoms with van der Waals surface area (Å²) < 4.78 is 10.2. The van der Waals surface area contributed by atoms with Crippen LogP contribution in [0.1, 0.15) is 19.4 Å². The van der Waals surface area contributed by atoms with Crippen LogP contribution < -0.4 is 9.47 Å². The van der Waals surface area contributed by atoms with Crippen LogP contribution in [0, 0.1) is 0 Å². The Morgan fingerprint density at radius 1 is 1.19 bits per heavy atom. The molecular formula is C12H18O4. The van der Waals surface area contributed by atoms with Gasteiger partial charge in [-0.1, -0.05) is 13.8 Å². The first-order valence-corrected chi connectivity index (χ1v) is 5.02. The van der Waals surface area contributed by atoms with Gasteiger partial charge < -0.3 is 19.7 Å². The summed E-state index contributed by atoms with van der Waals surface area (Å²) in [5.74, 6) is 0.775. The normalized spacial score (nSPS) is 11.3. The number of aliphatic hydroxyl groups excluding tert-OH is 1. The summed E-state index contributed by atoms with van der Waals surface area (Å²) in [6.45, 7) is 3.75. The van der Waals surface area contributed by atoms with Crippen LogP contribution in [0.2, 0.25) is 0 Å². The van der Waals surface area contributed by atoms with Crippen molar-refractivity contribution in [3.8, 4) is 17.2 Å². The molecule has 16 heavy (non-hydrogen) atoms. The number of phenolic OH excluding ortho intramolecular Hbond substituents is 1. The van der Waals surface area contributed by atoms with E-state index >= 15 is 0 Å². The fraction of sp³-hybridized carbons (Fsp3) is 0.500. The molecule has 0 atom stereocenters. The molecule has 0 amide bonds. The van der Waals surface area contributed by atoms with Crippen LogP contribution in [-0.2, 0) is 5.41 Å². The van der Waals surface area contributed by atoms with Crippen LogP contribution in [0.4, 0.5) is 0 Å². The van der Waals surface area contributed by atoms with Gasteiger partial charge in [0.2, 0.25) is 5.75 Å². The molecule has 0 unspecified atom stereocenters.